The summed E-state index contributed by atoms with van der Waals surface area (Å²) in [5, 5.41) is 2.01. The van der Waals surface area contributed by atoms with Gasteiger partial charge in [0.1, 0.15) is 10.2 Å². The number of thiazole rings is 1. The number of nitrogens with two attached hydrogens (primary N) is 1. The molecular formula is C12H13FN2S2. The van der Waals surface area contributed by atoms with Gasteiger partial charge in [-0.3, -0.25) is 0 Å². The Bertz CT molecular complexity index is 511. The summed E-state index contributed by atoms with van der Waals surface area (Å²) in [4.78, 5) is 4.35. The van der Waals surface area contributed by atoms with Crippen molar-refractivity contribution in [2.45, 2.75) is 23.6 Å². The van der Waals surface area contributed by atoms with E-state index in [0.717, 1.165) is 26.9 Å². The molecule has 2 aromatic rings. The van der Waals surface area contributed by atoms with Gasteiger partial charge in [-0.25, -0.2) is 9.37 Å². The van der Waals surface area contributed by atoms with Crippen LogP contribution in [0.1, 0.15) is 16.8 Å². The van der Waals surface area contributed by atoms with Crippen LogP contribution in [0.2, 0.25) is 0 Å². The summed E-state index contributed by atoms with van der Waals surface area (Å²) in [5.41, 5.74) is 8.32. The number of thioether (sulfide) groups is 1. The van der Waals surface area contributed by atoms with E-state index in [1.54, 1.807) is 29.2 Å². The van der Waals surface area contributed by atoms with Crippen LogP contribution in [0.25, 0.3) is 0 Å². The zero-order valence-corrected chi connectivity index (χ0v) is 11.1. The van der Waals surface area contributed by atoms with Crippen LogP contribution < -0.4 is 5.73 Å². The molecule has 0 spiro atoms. The molecule has 1 heterocycles. The van der Waals surface area contributed by atoms with Gasteiger partial charge in [0.25, 0.3) is 0 Å². The summed E-state index contributed by atoms with van der Waals surface area (Å²) in [6.07, 6.45) is 0. The van der Waals surface area contributed by atoms with E-state index in [0.29, 0.717) is 6.54 Å². The van der Waals surface area contributed by atoms with Crippen LogP contribution in [0.4, 0.5) is 4.39 Å². The van der Waals surface area contributed by atoms with Crippen molar-refractivity contribution >= 4 is 23.1 Å². The number of aryl methyl sites for hydroxylation is 1. The molecule has 0 aliphatic carbocycles. The number of halogens is 1. The van der Waals surface area contributed by atoms with Crippen molar-refractivity contribution in [2.24, 2.45) is 5.73 Å². The van der Waals surface area contributed by atoms with Crippen LogP contribution in [0, 0.1) is 12.7 Å². The summed E-state index contributed by atoms with van der Waals surface area (Å²) in [6, 6.07) is 4.96. The van der Waals surface area contributed by atoms with Gasteiger partial charge in [-0.2, -0.15) is 0 Å². The maximum absolute atomic E-state index is 13.3. The number of aromatic nitrogens is 1. The van der Waals surface area contributed by atoms with E-state index in [9.17, 15) is 4.39 Å². The van der Waals surface area contributed by atoms with E-state index >= 15 is 0 Å². The van der Waals surface area contributed by atoms with Crippen LogP contribution >= 0.6 is 23.1 Å². The van der Waals surface area contributed by atoms with Crippen molar-refractivity contribution in [3.63, 3.8) is 0 Å². The van der Waals surface area contributed by atoms with Crippen molar-refractivity contribution in [3.05, 3.63) is 46.2 Å². The summed E-state index contributed by atoms with van der Waals surface area (Å²) in [6.45, 7) is 2.33. The third-order valence-corrected chi connectivity index (χ3v) is 4.42. The quantitative estimate of drug-likeness (QED) is 0.864. The Balaban J connectivity index is 2.05. The van der Waals surface area contributed by atoms with Gasteiger partial charge in [0.15, 0.2) is 0 Å². The van der Waals surface area contributed by atoms with Crippen molar-refractivity contribution < 1.29 is 4.39 Å². The fraction of sp³-hybridized carbons (Fsp3) is 0.250. The molecule has 17 heavy (non-hydrogen) atoms. The average molecular weight is 268 g/mol. The van der Waals surface area contributed by atoms with Gasteiger partial charge in [-0.1, -0.05) is 17.8 Å². The minimum absolute atomic E-state index is 0.223. The van der Waals surface area contributed by atoms with Crippen LogP contribution in [0.5, 0.6) is 0 Å². The predicted molar refractivity (Wildman–Crippen MR) is 70.7 cm³/mol. The smallest absolute Gasteiger partial charge is 0.150 e. The first-order chi connectivity index (χ1) is 8.17. The van der Waals surface area contributed by atoms with E-state index < -0.39 is 0 Å². The second-order valence-electron chi connectivity index (χ2n) is 3.72. The lowest BCUT2D eigenvalue weighted by Crippen LogP contribution is -1.98. The molecule has 90 valence electrons. The van der Waals surface area contributed by atoms with E-state index in [1.807, 2.05) is 18.4 Å². The first-order valence-electron chi connectivity index (χ1n) is 5.20. The molecule has 0 aliphatic rings. The summed E-state index contributed by atoms with van der Waals surface area (Å²) in [7, 11) is 0. The molecule has 2 N–H and O–H groups in total. The summed E-state index contributed by atoms with van der Waals surface area (Å²) < 4.78 is 14.3. The molecule has 5 heteroatoms. The largest absolute Gasteiger partial charge is 0.326 e. The highest BCUT2D eigenvalue weighted by molar-refractivity contribution is 8.00. The molecule has 0 saturated heterocycles. The Morgan fingerprint density at radius 3 is 2.76 bits per heavy atom. The molecule has 1 aromatic heterocycles. The van der Waals surface area contributed by atoms with Gasteiger partial charge in [0.2, 0.25) is 0 Å². The SMILES string of the molecule is Cc1csc(SCc2cc(F)cc(CN)c2)n1. The van der Waals surface area contributed by atoms with Gasteiger partial charge in [0.05, 0.1) is 0 Å². The van der Waals surface area contributed by atoms with E-state index in [-0.39, 0.29) is 5.82 Å². The number of nitrogens with zero attached hydrogens (tertiary/aromatic N) is 1. The monoisotopic (exact) mass is 268 g/mol. The first-order valence-corrected chi connectivity index (χ1v) is 7.07. The summed E-state index contributed by atoms with van der Waals surface area (Å²) >= 11 is 3.24. The lowest BCUT2D eigenvalue weighted by atomic mass is 10.1. The third kappa shape index (κ3) is 3.52. The molecule has 0 atom stereocenters. The molecule has 0 saturated carbocycles. The Morgan fingerprint density at radius 2 is 2.12 bits per heavy atom. The number of hydrogen-bond acceptors (Lipinski definition) is 4. The minimum atomic E-state index is -0.223. The van der Waals surface area contributed by atoms with Gasteiger partial charge < -0.3 is 5.73 Å². The standard InChI is InChI=1S/C12H13FN2S2/c1-8-6-16-12(15-8)17-7-10-2-9(5-14)3-11(13)4-10/h2-4,6H,5,7,14H2,1H3. The lowest BCUT2D eigenvalue weighted by Gasteiger charge is -2.03. The second-order valence-corrected chi connectivity index (χ2v) is 5.80. The molecule has 0 unspecified atom stereocenters. The maximum atomic E-state index is 13.3. The maximum Gasteiger partial charge on any atom is 0.150 e. The van der Waals surface area contributed by atoms with Crippen molar-refractivity contribution in [1.29, 1.82) is 0 Å². The Labute approximate surface area is 108 Å². The molecule has 0 aliphatic heterocycles. The second kappa shape index (κ2) is 5.62. The molecule has 1 aromatic carbocycles. The fourth-order valence-corrected chi connectivity index (χ4v) is 3.24. The summed E-state index contributed by atoms with van der Waals surface area (Å²) in [5.74, 6) is 0.497. The van der Waals surface area contributed by atoms with Gasteiger partial charge in [-0.15, -0.1) is 11.3 Å². The average Bonchev–Trinajstić information content (AvgIpc) is 2.72. The van der Waals surface area contributed by atoms with E-state index in [1.165, 1.54) is 6.07 Å². The van der Waals surface area contributed by atoms with Crippen LogP contribution in [-0.2, 0) is 12.3 Å². The molecule has 0 fully saturated rings. The number of hydrogen-bond donors (Lipinski definition) is 1. The van der Waals surface area contributed by atoms with E-state index in [4.69, 9.17) is 5.73 Å². The zero-order valence-electron chi connectivity index (χ0n) is 9.44. The molecular weight excluding hydrogens is 255 g/mol. The van der Waals surface area contributed by atoms with Crippen LogP contribution in [0.3, 0.4) is 0 Å². The molecule has 2 rings (SSSR count). The molecule has 2 nitrogen and oxygen atoms in total. The minimum Gasteiger partial charge on any atom is -0.326 e. The van der Waals surface area contributed by atoms with Gasteiger partial charge >= 0.3 is 0 Å². The van der Waals surface area contributed by atoms with Crippen molar-refractivity contribution in [1.82, 2.24) is 4.98 Å². The molecule has 0 bridgehead atoms. The Morgan fingerprint density at radius 1 is 1.35 bits per heavy atom. The van der Waals surface area contributed by atoms with Crippen LogP contribution in [0.15, 0.2) is 27.9 Å². The number of rotatable bonds is 4. The fourth-order valence-electron chi connectivity index (χ4n) is 1.46. The first kappa shape index (κ1) is 12.5. The topological polar surface area (TPSA) is 38.9 Å². The zero-order chi connectivity index (χ0) is 12.3. The lowest BCUT2D eigenvalue weighted by molar-refractivity contribution is 0.624. The van der Waals surface area contributed by atoms with Crippen molar-refractivity contribution in [2.75, 3.05) is 0 Å². The van der Waals surface area contributed by atoms with Crippen LogP contribution in [-0.4, -0.2) is 4.98 Å². The Hall–Kier alpha value is -0.910. The van der Waals surface area contributed by atoms with Gasteiger partial charge in [-0.05, 0) is 30.2 Å². The predicted octanol–water partition coefficient (Wildman–Crippen LogP) is 3.34. The normalized spacial score (nSPS) is 10.8. The third-order valence-electron chi connectivity index (χ3n) is 2.21. The molecule has 0 radical (unpaired) electrons. The van der Waals surface area contributed by atoms with Gasteiger partial charge in [0, 0.05) is 23.4 Å². The Kier molecular flexibility index (Phi) is 4.15. The highest BCUT2D eigenvalue weighted by Gasteiger charge is 2.03. The van der Waals surface area contributed by atoms with E-state index in [2.05, 4.69) is 4.98 Å². The molecule has 0 amide bonds. The highest BCUT2D eigenvalue weighted by atomic mass is 32.2. The number of benzene rings is 1. The van der Waals surface area contributed by atoms with Crippen molar-refractivity contribution in [3.8, 4) is 0 Å². The highest BCUT2D eigenvalue weighted by Crippen LogP contribution is 2.26.